The van der Waals surface area contributed by atoms with E-state index in [0.29, 0.717) is 17.7 Å². The van der Waals surface area contributed by atoms with Gasteiger partial charge in [-0.1, -0.05) is 6.07 Å². The van der Waals surface area contributed by atoms with E-state index in [-0.39, 0.29) is 23.7 Å². The molecule has 0 aliphatic carbocycles. The van der Waals surface area contributed by atoms with Crippen LogP contribution in [-0.4, -0.2) is 45.0 Å². The molecule has 0 saturated carbocycles. The van der Waals surface area contributed by atoms with Gasteiger partial charge in [-0.15, -0.1) is 0 Å². The van der Waals surface area contributed by atoms with Gasteiger partial charge in [-0.2, -0.15) is 0 Å². The van der Waals surface area contributed by atoms with Crippen LogP contribution < -0.4 is 4.74 Å². The van der Waals surface area contributed by atoms with Gasteiger partial charge in [0.25, 0.3) is 5.91 Å². The number of carboxylic acids is 1. The molecule has 9 nitrogen and oxygen atoms in total. The Bertz CT molecular complexity index is 1050. The molecule has 1 unspecified atom stereocenters. The fraction of sp³-hybridized carbons (Fsp3) is 0.300. The normalized spacial score (nSPS) is 15.0. The van der Waals surface area contributed by atoms with Crippen molar-refractivity contribution in [1.29, 1.82) is 0 Å². The topological polar surface area (TPSA) is 115 Å². The number of ether oxygens (including phenoxy) is 1. The van der Waals surface area contributed by atoms with Crippen LogP contribution in [-0.2, 0) is 11.3 Å². The lowest BCUT2D eigenvalue weighted by molar-refractivity contribution is -0.422. The number of hydrogen-bond acceptors (Lipinski definition) is 5. The highest BCUT2D eigenvalue weighted by Crippen LogP contribution is 2.31. The lowest BCUT2D eigenvalue weighted by Gasteiger charge is -2.35. The number of fused-ring (bicyclic) bond motifs is 1. The summed E-state index contributed by atoms with van der Waals surface area (Å²) < 4.78 is 20.8. The van der Waals surface area contributed by atoms with Crippen LogP contribution in [0.3, 0.4) is 0 Å². The first-order valence-electron chi connectivity index (χ1n) is 9.10. The maximum Gasteiger partial charge on any atom is 0.305 e. The number of nitrogens with zero attached hydrogens (tertiary/aromatic N) is 3. The molecule has 1 amide bonds. The van der Waals surface area contributed by atoms with Crippen molar-refractivity contribution in [3.8, 4) is 5.75 Å². The van der Waals surface area contributed by atoms with E-state index in [1.54, 1.807) is 10.8 Å². The highest BCUT2D eigenvalue weighted by atomic mass is 19.1. The Hall–Kier alpha value is -3.69. The van der Waals surface area contributed by atoms with Gasteiger partial charge in [0.2, 0.25) is 5.70 Å². The minimum absolute atomic E-state index is 0.0178. The molecule has 1 N–H and O–H groups in total. The van der Waals surface area contributed by atoms with Crippen LogP contribution in [0.15, 0.2) is 36.2 Å². The van der Waals surface area contributed by atoms with Gasteiger partial charge in [0.15, 0.2) is 11.6 Å². The Morgan fingerprint density at radius 1 is 1.40 bits per heavy atom. The van der Waals surface area contributed by atoms with Crippen molar-refractivity contribution in [2.75, 3.05) is 13.7 Å². The maximum absolute atomic E-state index is 14.2. The molecule has 10 heteroatoms. The van der Waals surface area contributed by atoms with E-state index in [2.05, 4.69) is 0 Å². The third-order valence-corrected chi connectivity index (χ3v) is 4.95. The lowest BCUT2D eigenvalue weighted by Crippen LogP contribution is -2.43. The second-order valence-corrected chi connectivity index (χ2v) is 6.90. The average Bonchev–Trinajstić information content (AvgIpc) is 3.10. The number of aromatic nitrogens is 1. The van der Waals surface area contributed by atoms with Crippen molar-refractivity contribution in [1.82, 2.24) is 9.47 Å². The van der Waals surface area contributed by atoms with Crippen molar-refractivity contribution in [3.05, 3.63) is 68.9 Å². The van der Waals surface area contributed by atoms with Crippen LogP contribution in [0.5, 0.6) is 5.75 Å². The first-order valence-corrected chi connectivity index (χ1v) is 9.10. The molecule has 2 heterocycles. The lowest BCUT2D eigenvalue weighted by atomic mass is 10.00. The zero-order chi connectivity index (χ0) is 22.0. The van der Waals surface area contributed by atoms with Crippen LogP contribution in [0, 0.1) is 15.9 Å². The SMILES string of the molecule is COc1ccc(C(CC(=O)O)N2CCn3cc(/C=C(/C)[N+](=O)[O-])cc3C2=O)cc1F. The zero-order valence-corrected chi connectivity index (χ0v) is 16.4. The number of benzene rings is 1. The minimum Gasteiger partial charge on any atom is -0.494 e. The van der Waals surface area contributed by atoms with Crippen molar-refractivity contribution >= 4 is 18.0 Å². The first kappa shape index (κ1) is 21.0. The van der Waals surface area contributed by atoms with E-state index < -0.39 is 35.1 Å². The summed E-state index contributed by atoms with van der Waals surface area (Å²) in [4.78, 5) is 36.2. The summed E-state index contributed by atoms with van der Waals surface area (Å²) in [6.07, 6.45) is 2.60. The quantitative estimate of drug-likeness (QED) is 0.547. The summed E-state index contributed by atoms with van der Waals surface area (Å²) >= 11 is 0. The van der Waals surface area contributed by atoms with Gasteiger partial charge in [-0.3, -0.25) is 19.7 Å². The highest BCUT2D eigenvalue weighted by molar-refractivity contribution is 5.94. The molecule has 0 fully saturated rings. The Balaban J connectivity index is 1.95. The molecule has 2 aromatic rings. The predicted molar refractivity (Wildman–Crippen MR) is 104 cm³/mol. The molecule has 0 saturated heterocycles. The average molecular weight is 417 g/mol. The van der Waals surface area contributed by atoms with Crippen molar-refractivity contribution in [3.63, 3.8) is 0 Å². The van der Waals surface area contributed by atoms with Gasteiger partial charge >= 0.3 is 5.97 Å². The summed E-state index contributed by atoms with van der Waals surface area (Å²) in [6, 6.07) is 4.74. The maximum atomic E-state index is 14.2. The minimum atomic E-state index is -1.13. The third-order valence-electron chi connectivity index (χ3n) is 4.95. The zero-order valence-electron chi connectivity index (χ0n) is 16.4. The Morgan fingerprint density at radius 3 is 2.73 bits per heavy atom. The fourth-order valence-corrected chi connectivity index (χ4v) is 3.49. The number of methoxy groups -OCH3 is 1. The summed E-state index contributed by atoms with van der Waals surface area (Å²) in [5.41, 5.74) is 1.06. The Labute approximate surface area is 171 Å². The molecule has 1 aromatic heterocycles. The molecule has 30 heavy (non-hydrogen) atoms. The molecule has 0 radical (unpaired) electrons. The van der Waals surface area contributed by atoms with E-state index >= 15 is 0 Å². The summed E-state index contributed by atoms with van der Waals surface area (Å²) in [5, 5.41) is 20.2. The first-order chi connectivity index (χ1) is 14.2. The molecule has 1 aliphatic heterocycles. The van der Waals surface area contributed by atoms with Crippen molar-refractivity contribution in [2.45, 2.75) is 25.9 Å². The number of halogens is 1. The largest absolute Gasteiger partial charge is 0.494 e. The molecule has 1 atom stereocenters. The van der Waals surface area contributed by atoms with Crippen LogP contribution in [0.4, 0.5) is 4.39 Å². The van der Waals surface area contributed by atoms with Crippen LogP contribution in [0.2, 0.25) is 0 Å². The van der Waals surface area contributed by atoms with Crippen LogP contribution in [0.1, 0.15) is 41.0 Å². The second kappa shape index (κ2) is 8.36. The van der Waals surface area contributed by atoms with Gasteiger partial charge < -0.3 is 19.3 Å². The smallest absolute Gasteiger partial charge is 0.305 e. The number of hydrogen-bond donors (Lipinski definition) is 1. The van der Waals surface area contributed by atoms with Gasteiger partial charge in [0.1, 0.15) is 5.69 Å². The van der Waals surface area contributed by atoms with Crippen molar-refractivity contribution in [2.24, 2.45) is 0 Å². The monoisotopic (exact) mass is 417 g/mol. The van der Waals surface area contributed by atoms with Crippen LogP contribution >= 0.6 is 0 Å². The number of allylic oxidation sites excluding steroid dienone is 1. The fourth-order valence-electron chi connectivity index (χ4n) is 3.49. The number of carbonyl (C=O) groups excluding carboxylic acids is 1. The molecular formula is C20H20FN3O6. The molecule has 1 aromatic carbocycles. The van der Waals surface area contributed by atoms with Gasteiger partial charge in [-0.25, -0.2) is 4.39 Å². The molecule has 158 valence electrons. The molecule has 0 bridgehead atoms. The number of rotatable bonds is 7. The van der Waals surface area contributed by atoms with E-state index in [0.717, 1.165) is 0 Å². The summed E-state index contributed by atoms with van der Waals surface area (Å²) in [7, 11) is 1.32. The predicted octanol–water partition coefficient (Wildman–Crippen LogP) is 2.95. The van der Waals surface area contributed by atoms with Gasteiger partial charge in [-0.05, 0) is 29.3 Å². The number of aliphatic carboxylic acids is 1. The van der Waals surface area contributed by atoms with E-state index in [1.807, 2.05) is 0 Å². The van der Waals surface area contributed by atoms with E-state index in [1.165, 1.54) is 49.3 Å². The number of amides is 1. The van der Waals surface area contributed by atoms with Gasteiger partial charge in [0.05, 0.1) is 24.5 Å². The number of carbonyl (C=O) groups is 2. The summed E-state index contributed by atoms with van der Waals surface area (Å²) in [6.45, 7) is 1.94. The third kappa shape index (κ3) is 4.17. The highest BCUT2D eigenvalue weighted by Gasteiger charge is 2.33. The Kier molecular flexibility index (Phi) is 5.86. The van der Waals surface area contributed by atoms with E-state index in [9.17, 15) is 29.2 Å². The molecule has 0 spiro atoms. The van der Waals surface area contributed by atoms with Gasteiger partial charge in [0, 0.05) is 32.3 Å². The van der Waals surface area contributed by atoms with E-state index in [4.69, 9.17) is 4.74 Å². The van der Waals surface area contributed by atoms with Crippen molar-refractivity contribution < 1.29 is 28.7 Å². The number of nitro groups is 1. The molecular weight excluding hydrogens is 397 g/mol. The Morgan fingerprint density at radius 2 is 2.13 bits per heavy atom. The van der Waals surface area contributed by atoms with Crippen LogP contribution in [0.25, 0.3) is 6.08 Å². The standard InChI is InChI=1S/C20H20FN3O6/c1-12(24(28)29)7-13-8-17-20(27)23(6-5-22(17)11-13)16(10-19(25)26)14-3-4-18(30-2)15(21)9-14/h3-4,7-9,11,16H,5-6,10H2,1-2H3,(H,25,26)/b12-7-. The molecule has 3 rings (SSSR count). The number of carboxylic acid groups (broad SMARTS) is 1. The second-order valence-electron chi connectivity index (χ2n) is 6.90. The molecule has 1 aliphatic rings. The summed E-state index contributed by atoms with van der Waals surface area (Å²) in [5.74, 6) is -2.19.